The molecule has 0 saturated heterocycles. The van der Waals surface area contributed by atoms with Crippen LogP contribution in [0.4, 0.5) is 4.39 Å². The molecule has 1 aromatic rings. The Kier molecular flexibility index (Phi) is 2.78. The van der Waals surface area contributed by atoms with Gasteiger partial charge in [0.1, 0.15) is 0 Å². The van der Waals surface area contributed by atoms with E-state index in [2.05, 4.69) is 4.98 Å². The van der Waals surface area contributed by atoms with E-state index in [4.69, 9.17) is 11.6 Å². The van der Waals surface area contributed by atoms with Crippen molar-refractivity contribution in [2.45, 2.75) is 0 Å². The van der Waals surface area contributed by atoms with Crippen LogP contribution in [0.1, 0.15) is 10.4 Å². The number of carbonyl (C=O) groups excluding carboxylic acids is 1. The van der Waals surface area contributed by atoms with Gasteiger partial charge in [0.15, 0.2) is 0 Å². The van der Waals surface area contributed by atoms with Gasteiger partial charge < -0.3 is 0 Å². The molecule has 58 valence electrons. The Morgan fingerprint density at radius 2 is 2.36 bits per heavy atom. The summed E-state index contributed by atoms with van der Waals surface area (Å²) >= 11 is 6.97. The number of hydrogen-bond acceptors (Lipinski definition) is 2. The van der Waals surface area contributed by atoms with E-state index >= 15 is 0 Å². The Morgan fingerprint density at radius 1 is 1.73 bits per heavy atom. The molecule has 1 aromatic heterocycles. The van der Waals surface area contributed by atoms with Crippen LogP contribution in [0.2, 0.25) is 0 Å². The number of aromatic nitrogens is 1. The van der Waals surface area contributed by atoms with Crippen LogP contribution in [0.15, 0.2) is 12.3 Å². The second kappa shape index (κ2) is 3.44. The van der Waals surface area contributed by atoms with Crippen LogP contribution in [0.3, 0.4) is 0 Å². The molecule has 1 rings (SSSR count). The third-order valence-electron chi connectivity index (χ3n) is 1.03. The summed E-state index contributed by atoms with van der Waals surface area (Å²) in [6, 6.07) is 1.15. The second-order valence-electron chi connectivity index (χ2n) is 1.76. The fraction of sp³-hybridized carbons (Fsp3) is 0. The topological polar surface area (TPSA) is 30.0 Å². The minimum absolute atomic E-state index is 0.230. The van der Waals surface area contributed by atoms with E-state index in [1.165, 1.54) is 0 Å². The first-order valence-electron chi connectivity index (χ1n) is 2.62. The molecular weight excluding hydrogens is 283 g/mol. The summed E-state index contributed by atoms with van der Waals surface area (Å²) in [6.45, 7) is 0. The average Bonchev–Trinajstić information content (AvgIpc) is 1.85. The van der Waals surface area contributed by atoms with Crippen molar-refractivity contribution in [2.24, 2.45) is 0 Å². The van der Waals surface area contributed by atoms with Crippen molar-refractivity contribution in [2.75, 3.05) is 0 Å². The predicted molar refractivity (Wildman–Crippen MR) is 47.1 cm³/mol. The van der Waals surface area contributed by atoms with Gasteiger partial charge in [0.05, 0.1) is 5.56 Å². The van der Waals surface area contributed by atoms with E-state index in [9.17, 15) is 9.18 Å². The van der Waals surface area contributed by atoms with Crippen LogP contribution in [0, 0.1) is 9.52 Å². The number of nitrogens with zero attached hydrogens (tertiary/aromatic N) is 1. The Morgan fingerprint density at radius 3 is 2.82 bits per heavy atom. The summed E-state index contributed by atoms with van der Waals surface area (Å²) in [6.07, 6.45) is 1.12. The highest BCUT2D eigenvalue weighted by atomic mass is 127. The molecule has 0 amide bonds. The number of pyridine rings is 1. The van der Waals surface area contributed by atoms with Crippen molar-refractivity contribution in [1.29, 1.82) is 0 Å². The van der Waals surface area contributed by atoms with Gasteiger partial charge in [0.25, 0.3) is 5.24 Å². The summed E-state index contributed by atoms with van der Waals surface area (Å²) in [4.78, 5) is 13.9. The number of hydrogen-bond donors (Lipinski definition) is 0. The third kappa shape index (κ3) is 2.10. The molecule has 0 bridgehead atoms. The molecule has 5 heteroatoms. The molecule has 0 aliphatic rings. The Balaban J connectivity index is 3.20. The zero-order valence-electron chi connectivity index (χ0n) is 5.14. The molecule has 0 radical (unpaired) electrons. The first-order chi connectivity index (χ1) is 5.11. The first kappa shape index (κ1) is 8.86. The summed E-state index contributed by atoms with van der Waals surface area (Å²) < 4.78 is 12.8. The average molecular weight is 285 g/mol. The van der Waals surface area contributed by atoms with Gasteiger partial charge in [-0.1, -0.05) is 0 Å². The highest BCUT2D eigenvalue weighted by molar-refractivity contribution is 14.1. The molecule has 0 fully saturated rings. The standard InChI is InChI=1S/C6H2ClFINO/c7-6(11)3-2-10-5(8)1-4(3)9/h1-2H. The van der Waals surface area contributed by atoms with Crippen molar-refractivity contribution in [3.05, 3.63) is 27.3 Å². The third-order valence-corrected chi connectivity index (χ3v) is 2.13. The van der Waals surface area contributed by atoms with E-state index < -0.39 is 11.2 Å². The molecule has 11 heavy (non-hydrogen) atoms. The maximum atomic E-state index is 12.3. The van der Waals surface area contributed by atoms with Crippen molar-refractivity contribution in [1.82, 2.24) is 4.98 Å². The summed E-state index contributed by atoms with van der Waals surface area (Å²) in [5.74, 6) is -0.615. The lowest BCUT2D eigenvalue weighted by molar-refractivity contribution is 0.108. The minimum atomic E-state index is -0.623. The first-order valence-corrected chi connectivity index (χ1v) is 4.08. The van der Waals surface area contributed by atoms with E-state index in [0.29, 0.717) is 3.57 Å². The van der Waals surface area contributed by atoms with Crippen LogP contribution in [0.25, 0.3) is 0 Å². The monoisotopic (exact) mass is 285 g/mol. The molecule has 2 nitrogen and oxygen atoms in total. The molecule has 0 aromatic carbocycles. The van der Waals surface area contributed by atoms with Gasteiger partial charge in [-0.15, -0.1) is 0 Å². The van der Waals surface area contributed by atoms with E-state index in [1.54, 1.807) is 0 Å². The zero-order chi connectivity index (χ0) is 8.43. The maximum absolute atomic E-state index is 12.3. The molecule has 0 N–H and O–H groups in total. The Labute approximate surface area is 80.9 Å². The molecule has 0 spiro atoms. The summed E-state index contributed by atoms with van der Waals surface area (Å²) in [7, 11) is 0. The van der Waals surface area contributed by atoms with Crippen molar-refractivity contribution in [3.8, 4) is 0 Å². The molecule has 0 saturated carbocycles. The lowest BCUT2D eigenvalue weighted by Crippen LogP contribution is -1.96. The predicted octanol–water partition coefficient (Wildman–Crippen LogP) is 2.20. The fourth-order valence-corrected chi connectivity index (χ4v) is 1.50. The van der Waals surface area contributed by atoms with Crippen LogP contribution < -0.4 is 0 Å². The normalized spacial score (nSPS) is 9.73. The van der Waals surface area contributed by atoms with Gasteiger partial charge in [-0.05, 0) is 34.2 Å². The highest BCUT2D eigenvalue weighted by Gasteiger charge is 2.07. The lowest BCUT2D eigenvalue weighted by atomic mass is 10.3. The smallest absolute Gasteiger partial charge is 0.255 e. The quantitative estimate of drug-likeness (QED) is 0.450. The SMILES string of the molecule is O=C(Cl)c1cnc(F)cc1I. The second-order valence-corrected chi connectivity index (χ2v) is 3.27. The van der Waals surface area contributed by atoms with E-state index in [-0.39, 0.29) is 5.56 Å². The van der Waals surface area contributed by atoms with Crippen LogP contribution in [-0.4, -0.2) is 10.2 Å². The largest absolute Gasteiger partial charge is 0.276 e. The minimum Gasteiger partial charge on any atom is -0.276 e. The van der Waals surface area contributed by atoms with E-state index in [1.807, 2.05) is 22.6 Å². The van der Waals surface area contributed by atoms with Gasteiger partial charge in [-0.2, -0.15) is 4.39 Å². The van der Waals surface area contributed by atoms with Crippen molar-refractivity contribution in [3.63, 3.8) is 0 Å². The molecule has 0 atom stereocenters. The summed E-state index contributed by atoms with van der Waals surface area (Å²) in [5, 5.41) is -0.623. The molecule has 0 aliphatic carbocycles. The van der Waals surface area contributed by atoms with Gasteiger partial charge >= 0.3 is 0 Å². The van der Waals surface area contributed by atoms with Crippen LogP contribution >= 0.6 is 34.2 Å². The van der Waals surface area contributed by atoms with Crippen molar-refractivity contribution < 1.29 is 9.18 Å². The van der Waals surface area contributed by atoms with E-state index in [0.717, 1.165) is 12.3 Å². The molecular formula is C6H2ClFINO. The zero-order valence-corrected chi connectivity index (χ0v) is 8.06. The van der Waals surface area contributed by atoms with Crippen LogP contribution in [-0.2, 0) is 0 Å². The van der Waals surface area contributed by atoms with Gasteiger partial charge in [-0.3, -0.25) is 4.79 Å². The molecule has 1 heterocycles. The Bertz CT molecular complexity index is 305. The van der Waals surface area contributed by atoms with Gasteiger partial charge in [-0.25, -0.2) is 4.98 Å². The molecule has 0 aliphatic heterocycles. The fourth-order valence-electron chi connectivity index (χ4n) is 0.552. The molecule has 0 unspecified atom stereocenters. The highest BCUT2D eigenvalue weighted by Crippen LogP contribution is 2.13. The lowest BCUT2D eigenvalue weighted by Gasteiger charge is -1.95. The van der Waals surface area contributed by atoms with Gasteiger partial charge in [0.2, 0.25) is 5.95 Å². The summed E-state index contributed by atoms with van der Waals surface area (Å²) in [5.41, 5.74) is 0.230. The van der Waals surface area contributed by atoms with Gasteiger partial charge in [0, 0.05) is 15.8 Å². The number of rotatable bonds is 1. The van der Waals surface area contributed by atoms with Crippen molar-refractivity contribution >= 4 is 39.4 Å². The maximum Gasteiger partial charge on any atom is 0.255 e. The Hall–Kier alpha value is -0.230. The number of halogens is 3. The number of carbonyl (C=O) groups is 1. The van der Waals surface area contributed by atoms with Crippen LogP contribution in [0.5, 0.6) is 0 Å².